The summed E-state index contributed by atoms with van der Waals surface area (Å²) in [5.74, 6) is -0.105. The molecule has 10 heteroatoms. The normalized spacial score (nSPS) is 17.4. The van der Waals surface area contributed by atoms with Crippen molar-refractivity contribution in [1.29, 1.82) is 0 Å². The molecular formula is C24H25Cl2N3O5. The first-order valence-corrected chi connectivity index (χ1v) is 11.9. The highest BCUT2D eigenvalue weighted by molar-refractivity contribution is 6.36. The third-order valence-corrected chi connectivity index (χ3v) is 6.85. The number of amides is 2. The van der Waals surface area contributed by atoms with E-state index >= 15 is 0 Å². The van der Waals surface area contributed by atoms with Crippen molar-refractivity contribution in [2.45, 2.75) is 39.0 Å². The van der Waals surface area contributed by atoms with Crippen LogP contribution in [0.25, 0.3) is 0 Å². The molecule has 8 nitrogen and oxygen atoms in total. The van der Waals surface area contributed by atoms with Gasteiger partial charge in [0.1, 0.15) is 5.76 Å². The first-order chi connectivity index (χ1) is 16.3. The average Bonchev–Trinajstić information content (AvgIpc) is 3.18. The molecule has 0 spiro atoms. The van der Waals surface area contributed by atoms with Gasteiger partial charge in [-0.25, -0.2) is 5.43 Å². The van der Waals surface area contributed by atoms with Gasteiger partial charge < -0.3 is 14.1 Å². The second-order valence-electron chi connectivity index (χ2n) is 8.42. The van der Waals surface area contributed by atoms with Gasteiger partial charge in [0, 0.05) is 35.7 Å². The van der Waals surface area contributed by atoms with Crippen molar-refractivity contribution in [3.63, 3.8) is 0 Å². The van der Waals surface area contributed by atoms with Crippen molar-refractivity contribution in [2.75, 3.05) is 20.2 Å². The highest BCUT2D eigenvalue weighted by Gasteiger charge is 2.33. The van der Waals surface area contributed by atoms with Crippen LogP contribution in [-0.2, 0) is 16.0 Å². The van der Waals surface area contributed by atoms with Crippen molar-refractivity contribution in [3.05, 3.63) is 56.5 Å². The number of halogens is 2. The van der Waals surface area contributed by atoms with E-state index in [0.717, 1.165) is 12.0 Å². The molecule has 2 amide bonds. The second kappa shape index (κ2) is 10.2. The summed E-state index contributed by atoms with van der Waals surface area (Å²) in [6.45, 7) is 2.75. The van der Waals surface area contributed by atoms with Crippen molar-refractivity contribution >= 4 is 46.7 Å². The van der Waals surface area contributed by atoms with E-state index in [0.29, 0.717) is 60.8 Å². The summed E-state index contributed by atoms with van der Waals surface area (Å²) >= 11 is 12.0. The molecule has 2 aromatic rings. The van der Waals surface area contributed by atoms with Crippen molar-refractivity contribution in [2.24, 2.45) is 11.0 Å². The van der Waals surface area contributed by atoms with Crippen LogP contribution in [0.2, 0.25) is 10.0 Å². The van der Waals surface area contributed by atoms with E-state index in [9.17, 15) is 14.4 Å². The fraction of sp³-hybridized carbons (Fsp3) is 0.417. The molecule has 4 rings (SSSR count). The topological polar surface area (TPSA) is 101 Å². The fourth-order valence-electron chi connectivity index (χ4n) is 4.46. The van der Waals surface area contributed by atoms with E-state index in [2.05, 4.69) is 10.5 Å². The second-order valence-corrected chi connectivity index (χ2v) is 9.26. The monoisotopic (exact) mass is 505 g/mol. The minimum absolute atomic E-state index is 0.184. The van der Waals surface area contributed by atoms with Crippen LogP contribution < -0.4 is 5.43 Å². The number of piperidine rings is 1. The number of nitrogens with zero attached hydrogens (tertiary/aromatic N) is 2. The first-order valence-electron chi connectivity index (χ1n) is 11.1. The van der Waals surface area contributed by atoms with Crippen molar-refractivity contribution < 1.29 is 23.5 Å². The van der Waals surface area contributed by atoms with Crippen LogP contribution in [0.3, 0.4) is 0 Å². The van der Waals surface area contributed by atoms with E-state index in [4.69, 9.17) is 32.4 Å². The van der Waals surface area contributed by atoms with Crippen LogP contribution in [0.4, 0.5) is 0 Å². The maximum atomic E-state index is 13.2. The number of carbonyl (C=O) groups excluding carboxylic acids is 3. The van der Waals surface area contributed by atoms with Crippen LogP contribution in [0, 0.1) is 12.8 Å². The van der Waals surface area contributed by atoms with E-state index in [-0.39, 0.29) is 34.1 Å². The Kier molecular flexibility index (Phi) is 7.28. The minimum Gasteiger partial charge on any atom is -0.469 e. The smallest absolute Gasteiger partial charge is 0.308 e. The summed E-state index contributed by atoms with van der Waals surface area (Å²) in [6.07, 6.45) is 3.23. The fourth-order valence-corrected chi connectivity index (χ4v) is 4.96. The molecule has 0 unspecified atom stereocenters. The minimum atomic E-state index is -0.452. The number of fused-ring (bicyclic) bond motifs is 1. The van der Waals surface area contributed by atoms with Crippen LogP contribution in [-0.4, -0.2) is 48.6 Å². The Morgan fingerprint density at radius 1 is 1.18 bits per heavy atom. The number of esters is 1. The summed E-state index contributed by atoms with van der Waals surface area (Å²) in [5, 5.41) is 5.01. The predicted molar refractivity (Wildman–Crippen MR) is 127 cm³/mol. The number of hydrazone groups is 1. The lowest BCUT2D eigenvalue weighted by atomic mass is 9.93. The number of nitrogens with one attached hydrogen (secondary N) is 1. The Labute approximate surface area is 207 Å². The van der Waals surface area contributed by atoms with Gasteiger partial charge in [0.05, 0.1) is 29.3 Å². The largest absolute Gasteiger partial charge is 0.469 e. The Morgan fingerprint density at radius 2 is 1.91 bits per heavy atom. The molecule has 1 aliphatic heterocycles. The zero-order valence-corrected chi connectivity index (χ0v) is 20.5. The SMILES string of the molecule is COC(=O)C1CCN(C(=O)c2oc3c(c2C)/C(=N/NC(=O)c2ccc(Cl)cc2Cl)CCC3)CC1. The zero-order valence-electron chi connectivity index (χ0n) is 19.0. The van der Waals surface area contributed by atoms with Crippen LogP contribution in [0.1, 0.15) is 63.5 Å². The lowest BCUT2D eigenvalue weighted by Crippen LogP contribution is -2.40. The van der Waals surface area contributed by atoms with Crippen LogP contribution >= 0.6 is 23.2 Å². The van der Waals surface area contributed by atoms with Gasteiger partial charge >= 0.3 is 5.97 Å². The van der Waals surface area contributed by atoms with Gasteiger partial charge in [-0.15, -0.1) is 0 Å². The molecule has 1 fully saturated rings. The van der Waals surface area contributed by atoms with E-state index in [1.807, 2.05) is 6.92 Å². The summed E-state index contributed by atoms with van der Waals surface area (Å²) in [4.78, 5) is 39.2. The molecule has 0 radical (unpaired) electrons. The molecule has 180 valence electrons. The zero-order chi connectivity index (χ0) is 24.4. The number of benzene rings is 1. The summed E-state index contributed by atoms with van der Waals surface area (Å²) in [7, 11) is 1.38. The standard InChI is InChI=1S/C24H25Cl2N3O5/c1-13-20-18(27-28-22(30)16-7-6-15(25)12-17(16)26)4-3-5-19(20)34-21(13)23(31)29-10-8-14(9-11-29)24(32)33-2/h6-7,12,14H,3-5,8-11H2,1-2H3,(H,28,30)/b27-18+. The molecule has 0 bridgehead atoms. The molecule has 1 aromatic heterocycles. The third kappa shape index (κ3) is 4.83. The molecule has 2 heterocycles. The number of aryl methyl sites for hydroxylation is 1. The van der Waals surface area contributed by atoms with Gasteiger partial charge in [0.15, 0.2) is 5.76 Å². The van der Waals surface area contributed by atoms with Crippen molar-refractivity contribution in [3.8, 4) is 0 Å². The highest BCUT2D eigenvalue weighted by Crippen LogP contribution is 2.31. The number of likely N-dealkylation sites (tertiary alicyclic amines) is 1. The Bertz CT molecular complexity index is 1170. The molecule has 1 saturated heterocycles. The number of methoxy groups -OCH3 is 1. The molecule has 2 aliphatic rings. The molecule has 0 saturated carbocycles. The first kappa shape index (κ1) is 24.3. The van der Waals surface area contributed by atoms with E-state index in [1.54, 1.807) is 11.0 Å². The van der Waals surface area contributed by atoms with Crippen molar-refractivity contribution in [1.82, 2.24) is 10.3 Å². The highest BCUT2D eigenvalue weighted by atomic mass is 35.5. The Hall–Kier alpha value is -2.84. The third-order valence-electron chi connectivity index (χ3n) is 6.30. The van der Waals surface area contributed by atoms with Gasteiger partial charge in [-0.1, -0.05) is 23.2 Å². The van der Waals surface area contributed by atoms with E-state index < -0.39 is 5.91 Å². The molecule has 1 aromatic carbocycles. The number of carbonyl (C=O) groups is 3. The summed E-state index contributed by atoms with van der Waals surface area (Å²) < 4.78 is 10.8. The Balaban J connectivity index is 1.51. The summed E-state index contributed by atoms with van der Waals surface area (Å²) in [5.41, 5.74) is 4.95. The predicted octanol–water partition coefficient (Wildman–Crippen LogP) is 4.39. The average molecular weight is 506 g/mol. The quantitative estimate of drug-likeness (QED) is 0.490. The lowest BCUT2D eigenvalue weighted by molar-refractivity contribution is -0.146. The lowest BCUT2D eigenvalue weighted by Gasteiger charge is -2.30. The van der Waals surface area contributed by atoms with E-state index in [1.165, 1.54) is 19.2 Å². The summed E-state index contributed by atoms with van der Waals surface area (Å²) in [6, 6.07) is 4.62. The molecule has 0 atom stereocenters. The van der Waals surface area contributed by atoms with Gasteiger partial charge in [-0.05, 0) is 50.8 Å². The van der Waals surface area contributed by atoms with Crippen LogP contribution in [0.15, 0.2) is 27.7 Å². The van der Waals surface area contributed by atoms with Gasteiger partial charge in [-0.2, -0.15) is 5.10 Å². The van der Waals surface area contributed by atoms with Crippen LogP contribution in [0.5, 0.6) is 0 Å². The number of ether oxygens (including phenoxy) is 1. The molecule has 1 aliphatic carbocycles. The number of hydrogen-bond donors (Lipinski definition) is 1. The number of rotatable bonds is 4. The van der Waals surface area contributed by atoms with Gasteiger partial charge in [0.2, 0.25) is 0 Å². The van der Waals surface area contributed by atoms with Gasteiger partial charge in [0.25, 0.3) is 11.8 Å². The maximum Gasteiger partial charge on any atom is 0.308 e. The number of furan rings is 1. The Morgan fingerprint density at radius 3 is 2.59 bits per heavy atom. The molecular weight excluding hydrogens is 481 g/mol. The van der Waals surface area contributed by atoms with Gasteiger partial charge in [-0.3, -0.25) is 14.4 Å². The molecule has 34 heavy (non-hydrogen) atoms. The number of hydrogen-bond acceptors (Lipinski definition) is 6. The maximum absolute atomic E-state index is 13.2. The molecule has 1 N–H and O–H groups in total.